The minimum atomic E-state index is 0.250. The van der Waals surface area contributed by atoms with E-state index < -0.39 is 0 Å². The average molecular weight is 653 g/mol. The van der Waals surface area contributed by atoms with Crippen molar-refractivity contribution in [2.24, 2.45) is 5.92 Å². The Labute approximate surface area is 295 Å². The first-order valence-electron chi connectivity index (χ1n) is 17.5. The minimum Gasteiger partial charge on any atom is -0.256 e. The summed E-state index contributed by atoms with van der Waals surface area (Å²) < 4.78 is 0. The van der Waals surface area contributed by atoms with E-state index in [2.05, 4.69) is 153 Å². The van der Waals surface area contributed by atoms with Gasteiger partial charge in [-0.25, -0.2) is 15.0 Å². The van der Waals surface area contributed by atoms with Crippen LogP contribution >= 0.6 is 0 Å². The Balaban J connectivity index is 1.21. The number of benzene rings is 7. The van der Waals surface area contributed by atoms with Gasteiger partial charge in [0, 0.05) is 22.7 Å². The number of hydrogen-bond donors (Lipinski definition) is 0. The van der Waals surface area contributed by atoms with Gasteiger partial charge in [-0.2, -0.15) is 0 Å². The van der Waals surface area contributed by atoms with Gasteiger partial charge in [0.1, 0.15) is 0 Å². The highest BCUT2D eigenvalue weighted by molar-refractivity contribution is 6.14. The van der Waals surface area contributed by atoms with Gasteiger partial charge >= 0.3 is 0 Å². The quantitative estimate of drug-likeness (QED) is 0.178. The van der Waals surface area contributed by atoms with Gasteiger partial charge in [0.15, 0.2) is 17.5 Å². The smallest absolute Gasteiger partial charge is 0.164 e. The van der Waals surface area contributed by atoms with E-state index in [4.69, 9.17) is 19.9 Å². The first-order valence-corrected chi connectivity index (χ1v) is 17.5. The summed E-state index contributed by atoms with van der Waals surface area (Å²) in [6, 6.07) is 49.3. The molecule has 4 heteroatoms. The zero-order valence-electron chi connectivity index (χ0n) is 28.1. The summed E-state index contributed by atoms with van der Waals surface area (Å²) in [5.41, 5.74) is 6.53. The fourth-order valence-corrected chi connectivity index (χ4v) is 7.88. The van der Waals surface area contributed by atoms with E-state index in [9.17, 15) is 0 Å². The van der Waals surface area contributed by atoms with Crippen LogP contribution in [0, 0.1) is 5.92 Å². The Hall–Kier alpha value is -6.52. The van der Waals surface area contributed by atoms with Crippen molar-refractivity contribution in [2.45, 2.75) is 13.3 Å². The Kier molecular flexibility index (Phi) is 6.81. The van der Waals surface area contributed by atoms with Crippen LogP contribution in [0.25, 0.3) is 87.9 Å². The lowest BCUT2D eigenvalue weighted by Crippen LogP contribution is -2.09. The van der Waals surface area contributed by atoms with Gasteiger partial charge in [0.05, 0.1) is 5.52 Å². The maximum absolute atomic E-state index is 5.32. The molecule has 0 N–H and O–H groups in total. The molecule has 240 valence electrons. The lowest BCUT2D eigenvalue weighted by atomic mass is 9.84. The van der Waals surface area contributed by atoms with Crippen LogP contribution in [-0.2, 0) is 0 Å². The third-order valence-electron chi connectivity index (χ3n) is 10.4. The average Bonchev–Trinajstić information content (AvgIpc) is 3.20. The van der Waals surface area contributed by atoms with Crippen molar-refractivity contribution in [3.8, 4) is 22.8 Å². The summed E-state index contributed by atoms with van der Waals surface area (Å²) >= 11 is 0. The standard InChI is InChI=1S/C47H32N4/c1-29-24-33(22-23-35(29)34-25-32-14-4-11-21-44(32)48-28-34)45-49-46(42-26-30-12-2-5-15-36(30)38-17-7-9-19-40(38)42)51-47(50-45)43-27-31-13-3-6-16-37(31)39-18-8-10-20-41(39)43/h2-23,25-29H,24H2,1H3. The van der Waals surface area contributed by atoms with Crippen LogP contribution < -0.4 is 0 Å². The molecule has 10 rings (SSSR count). The molecule has 0 amide bonds. The maximum Gasteiger partial charge on any atom is 0.164 e. The normalized spacial score (nSPS) is 14.7. The van der Waals surface area contributed by atoms with Crippen molar-refractivity contribution >= 4 is 65.1 Å². The lowest BCUT2D eigenvalue weighted by molar-refractivity contribution is 0.763. The van der Waals surface area contributed by atoms with Crippen molar-refractivity contribution < 1.29 is 0 Å². The number of pyridine rings is 1. The molecule has 1 aliphatic rings. The first-order chi connectivity index (χ1) is 25.2. The van der Waals surface area contributed by atoms with Gasteiger partial charge in [-0.05, 0) is 96.4 Å². The molecule has 0 bridgehead atoms. The summed E-state index contributed by atoms with van der Waals surface area (Å²) in [4.78, 5) is 20.7. The minimum absolute atomic E-state index is 0.250. The Bertz CT molecular complexity index is 2780. The van der Waals surface area contributed by atoms with Gasteiger partial charge < -0.3 is 0 Å². The fraction of sp³-hybridized carbons (Fsp3) is 0.0638. The topological polar surface area (TPSA) is 51.6 Å². The molecule has 4 nitrogen and oxygen atoms in total. The number of rotatable bonds is 4. The summed E-state index contributed by atoms with van der Waals surface area (Å²) in [6.45, 7) is 2.28. The lowest BCUT2D eigenvalue weighted by Gasteiger charge is -2.22. The van der Waals surface area contributed by atoms with Crippen LogP contribution in [0.2, 0.25) is 0 Å². The molecule has 0 saturated carbocycles. The summed E-state index contributed by atoms with van der Waals surface area (Å²) in [7, 11) is 0. The largest absolute Gasteiger partial charge is 0.256 e. The van der Waals surface area contributed by atoms with E-state index in [1.165, 1.54) is 27.1 Å². The van der Waals surface area contributed by atoms with Gasteiger partial charge in [0.25, 0.3) is 0 Å². The zero-order valence-corrected chi connectivity index (χ0v) is 28.1. The number of nitrogens with zero attached hydrogens (tertiary/aromatic N) is 4. The molecule has 1 unspecified atom stereocenters. The van der Waals surface area contributed by atoms with Crippen molar-refractivity contribution in [2.75, 3.05) is 0 Å². The highest BCUT2D eigenvalue weighted by Crippen LogP contribution is 2.40. The molecule has 2 heterocycles. The van der Waals surface area contributed by atoms with Crippen molar-refractivity contribution in [3.05, 3.63) is 169 Å². The van der Waals surface area contributed by atoms with E-state index in [0.717, 1.165) is 61.1 Å². The SMILES string of the molecule is CC1CC(c2nc(-c3cc4ccccc4c4ccccc34)nc(-c3cc4ccccc4c4ccccc34)n2)=CC=C1c1cnc2ccccc2c1. The molecule has 51 heavy (non-hydrogen) atoms. The number of hydrogen-bond acceptors (Lipinski definition) is 4. The van der Waals surface area contributed by atoms with Crippen molar-refractivity contribution in [1.29, 1.82) is 0 Å². The molecule has 0 spiro atoms. The molecule has 2 aromatic heterocycles. The van der Waals surface area contributed by atoms with E-state index in [-0.39, 0.29) is 5.92 Å². The van der Waals surface area contributed by atoms with E-state index in [0.29, 0.717) is 17.5 Å². The molecular weight excluding hydrogens is 621 g/mol. The van der Waals surface area contributed by atoms with Gasteiger partial charge in [-0.1, -0.05) is 134 Å². The van der Waals surface area contributed by atoms with Crippen LogP contribution in [0.4, 0.5) is 0 Å². The van der Waals surface area contributed by atoms with Crippen LogP contribution in [0.5, 0.6) is 0 Å². The second kappa shape index (κ2) is 11.8. The molecule has 1 atom stereocenters. The number of aromatic nitrogens is 4. The van der Waals surface area contributed by atoms with Gasteiger partial charge in [-0.15, -0.1) is 0 Å². The van der Waals surface area contributed by atoms with Crippen molar-refractivity contribution in [3.63, 3.8) is 0 Å². The zero-order chi connectivity index (χ0) is 33.9. The molecule has 0 radical (unpaired) electrons. The molecule has 0 saturated heterocycles. The molecular formula is C47H32N4. The van der Waals surface area contributed by atoms with Crippen LogP contribution in [0.3, 0.4) is 0 Å². The maximum atomic E-state index is 5.32. The molecule has 9 aromatic rings. The number of para-hydroxylation sites is 1. The Morgan fingerprint density at radius 1 is 0.471 bits per heavy atom. The molecule has 1 aliphatic carbocycles. The summed E-state index contributed by atoms with van der Waals surface area (Å²) in [6.07, 6.45) is 7.23. The number of allylic oxidation sites excluding steroid dienone is 4. The third kappa shape index (κ3) is 4.99. The first kappa shape index (κ1) is 29.4. The third-order valence-corrected chi connectivity index (χ3v) is 10.4. The van der Waals surface area contributed by atoms with E-state index in [1.807, 2.05) is 12.3 Å². The Morgan fingerprint density at radius 2 is 0.961 bits per heavy atom. The monoisotopic (exact) mass is 652 g/mol. The molecule has 0 fully saturated rings. The second-order valence-electron chi connectivity index (χ2n) is 13.5. The predicted molar refractivity (Wildman–Crippen MR) is 212 cm³/mol. The summed E-state index contributed by atoms with van der Waals surface area (Å²) in [5, 5.41) is 10.5. The van der Waals surface area contributed by atoms with Gasteiger partial charge in [-0.3, -0.25) is 4.98 Å². The number of fused-ring (bicyclic) bond motifs is 7. The van der Waals surface area contributed by atoms with Crippen molar-refractivity contribution in [1.82, 2.24) is 19.9 Å². The highest BCUT2D eigenvalue weighted by atomic mass is 15.0. The van der Waals surface area contributed by atoms with Crippen LogP contribution in [0.15, 0.2) is 158 Å². The second-order valence-corrected chi connectivity index (χ2v) is 13.5. The van der Waals surface area contributed by atoms with Crippen LogP contribution in [0.1, 0.15) is 24.7 Å². The Morgan fingerprint density at radius 3 is 1.55 bits per heavy atom. The molecule has 7 aromatic carbocycles. The predicted octanol–water partition coefficient (Wildman–Crippen LogP) is 11.9. The summed E-state index contributed by atoms with van der Waals surface area (Å²) in [5.74, 6) is 2.32. The highest BCUT2D eigenvalue weighted by Gasteiger charge is 2.23. The van der Waals surface area contributed by atoms with E-state index in [1.54, 1.807) is 0 Å². The van der Waals surface area contributed by atoms with E-state index >= 15 is 0 Å². The van der Waals surface area contributed by atoms with Gasteiger partial charge in [0.2, 0.25) is 0 Å². The molecule has 0 aliphatic heterocycles. The fourth-order valence-electron chi connectivity index (χ4n) is 7.88. The van der Waals surface area contributed by atoms with Crippen LogP contribution in [-0.4, -0.2) is 19.9 Å².